The van der Waals surface area contributed by atoms with Crippen LogP contribution in [0.2, 0.25) is 0 Å². The fourth-order valence-electron chi connectivity index (χ4n) is 2.13. The number of carbonyl (C=O) groups is 2. The van der Waals surface area contributed by atoms with Crippen LogP contribution in [-0.2, 0) is 9.53 Å². The summed E-state index contributed by atoms with van der Waals surface area (Å²) in [5.74, 6) is -0.987. The Balaban J connectivity index is 2.47. The predicted octanol–water partition coefficient (Wildman–Crippen LogP) is 0.210. The SMILES string of the molecule is COC1CC(C(=O)O)N(C(=O)NCCN(C)C(C)C)C1. The van der Waals surface area contributed by atoms with Crippen LogP contribution in [0, 0.1) is 0 Å². The molecule has 0 aliphatic carbocycles. The molecule has 2 unspecified atom stereocenters. The molecular weight excluding hydrogens is 262 g/mol. The molecule has 0 aromatic rings. The number of likely N-dealkylation sites (N-methyl/N-ethyl adjacent to an activating group) is 1. The summed E-state index contributed by atoms with van der Waals surface area (Å²) in [7, 11) is 3.51. The number of likely N-dealkylation sites (tertiary alicyclic amines) is 1. The van der Waals surface area contributed by atoms with Crippen molar-refractivity contribution in [1.82, 2.24) is 15.1 Å². The zero-order chi connectivity index (χ0) is 15.3. The lowest BCUT2D eigenvalue weighted by Gasteiger charge is -2.24. The van der Waals surface area contributed by atoms with Crippen LogP contribution in [0.25, 0.3) is 0 Å². The average Bonchev–Trinajstić information content (AvgIpc) is 2.82. The highest BCUT2D eigenvalue weighted by Gasteiger charge is 2.39. The number of amides is 2. The van der Waals surface area contributed by atoms with Gasteiger partial charge in [-0.2, -0.15) is 0 Å². The summed E-state index contributed by atoms with van der Waals surface area (Å²) in [5, 5.41) is 11.9. The number of hydrogen-bond donors (Lipinski definition) is 2. The van der Waals surface area contributed by atoms with E-state index in [-0.39, 0.29) is 12.1 Å². The van der Waals surface area contributed by atoms with Gasteiger partial charge in [0.1, 0.15) is 6.04 Å². The van der Waals surface area contributed by atoms with E-state index in [2.05, 4.69) is 24.1 Å². The van der Waals surface area contributed by atoms with Gasteiger partial charge in [-0.25, -0.2) is 9.59 Å². The van der Waals surface area contributed by atoms with Crippen molar-refractivity contribution in [1.29, 1.82) is 0 Å². The Bertz CT molecular complexity index is 349. The van der Waals surface area contributed by atoms with Gasteiger partial charge in [-0.1, -0.05) is 0 Å². The normalized spacial score (nSPS) is 22.6. The van der Waals surface area contributed by atoms with Crippen LogP contribution in [-0.4, -0.2) is 78.9 Å². The van der Waals surface area contributed by atoms with Gasteiger partial charge in [0.2, 0.25) is 0 Å². The number of nitrogens with zero attached hydrogens (tertiary/aromatic N) is 2. The van der Waals surface area contributed by atoms with Crippen molar-refractivity contribution in [2.75, 3.05) is 33.8 Å². The molecule has 0 spiro atoms. The lowest BCUT2D eigenvalue weighted by molar-refractivity contribution is -0.141. The van der Waals surface area contributed by atoms with Crippen LogP contribution in [0.15, 0.2) is 0 Å². The zero-order valence-electron chi connectivity index (χ0n) is 12.6. The van der Waals surface area contributed by atoms with Crippen molar-refractivity contribution in [3.8, 4) is 0 Å². The second kappa shape index (κ2) is 7.44. The molecule has 7 nitrogen and oxygen atoms in total. The van der Waals surface area contributed by atoms with Crippen LogP contribution in [0.5, 0.6) is 0 Å². The minimum absolute atomic E-state index is 0.208. The molecule has 2 atom stereocenters. The third kappa shape index (κ3) is 4.35. The highest BCUT2D eigenvalue weighted by molar-refractivity contribution is 5.83. The van der Waals surface area contributed by atoms with E-state index in [1.165, 1.54) is 12.0 Å². The van der Waals surface area contributed by atoms with Gasteiger partial charge >= 0.3 is 12.0 Å². The maximum Gasteiger partial charge on any atom is 0.326 e. The number of carbonyl (C=O) groups excluding carboxylic acids is 1. The summed E-state index contributed by atoms with van der Waals surface area (Å²) >= 11 is 0. The van der Waals surface area contributed by atoms with Crippen molar-refractivity contribution >= 4 is 12.0 Å². The summed E-state index contributed by atoms with van der Waals surface area (Å²) in [4.78, 5) is 26.7. The van der Waals surface area contributed by atoms with Crippen LogP contribution in [0.4, 0.5) is 4.79 Å². The number of nitrogens with one attached hydrogen (secondary N) is 1. The van der Waals surface area contributed by atoms with E-state index in [0.29, 0.717) is 25.6 Å². The molecule has 1 fully saturated rings. The molecule has 0 aromatic carbocycles. The molecule has 0 radical (unpaired) electrons. The number of urea groups is 1. The lowest BCUT2D eigenvalue weighted by atomic mass is 10.2. The molecule has 1 aliphatic heterocycles. The van der Waals surface area contributed by atoms with E-state index >= 15 is 0 Å². The molecule has 0 bridgehead atoms. The Morgan fingerprint density at radius 1 is 1.50 bits per heavy atom. The third-order valence-corrected chi connectivity index (χ3v) is 3.76. The van der Waals surface area contributed by atoms with Crippen LogP contribution >= 0.6 is 0 Å². The largest absolute Gasteiger partial charge is 0.480 e. The smallest absolute Gasteiger partial charge is 0.326 e. The number of hydrogen-bond acceptors (Lipinski definition) is 4. The quantitative estimate of drug-likeness (QED) is 0.730. The number of ether oxygens (including phenoxy) is 1. The second-order valence-corrected chi connectivity index (χ2v) is 5.41. The standard InChI is InChI=1S/C13H25N3O4/c1-9(2)15(3)6-5-14-13(19)16-8-10(20-4)7-11(16)12(17)18/h9-11H,5-8H2,1-4H3,(H,14,19)(H,17,18). The summed E-state index contributed by atoms with van der Waals surface area (Å²) in [5.41, 5.74) is 0. The van der Waals surface area contributed by atoms with Gasteiger partial charge in [0, 0.05) is 39.2 Å². The van der Waals surface area contributed by atoms with E-state index in [1.807, 2.05) is 7.05 Å². The van der Waals surface area contributed by atoms with Gasteiger partial charge in [-0.15, -0.1) is 0 Å². The van der Waals surface area contributed by atoms with Crippen LogP contribution in [0.1, 0.15) is 20.3 Å². The molecule has 2 N–H and O–H groups in total. The highest BCUT2D eigenvalue weighted by Crippen LogP contribution is 2.20. The number of rotatable bonds is 6. The van der Waals surface area contributed by atoms with Gasteiger partial charge in [0.15, 0.2) is 0 Å². The topological polar surface area (TPSA) is 82.1 Å². The van der Waals surface area contributed by atoms with Crippen molar-refractivity contribution in [2.24, 2.45) is 0 Å². The maximum absolute atomic E-state index is 12.1. The maximum atomic E-state index is 12.1. The first-order valence-corrected chi connectivity index (χ1v) is 6.87. The molecule has 7 heteroatoms. The summed E-state index contributed by atoms with van der Waals surface area (Å²) in [6.45, 7) is 5.69. The first kappa shape index (κ1) is 16.7. The van der Waals surface area contributed by atoms with E-state index in [9.17, 15) is 9.59 Å². The van der Waals surface area contributed by atoms with Gasteiger partial charge in [0.25, 0.3) is 0 Å². The van der Waals surface area contributed by atoms with Crippen molar-refractivity contribution in [3.05, 3.63) is 0 Å². The number of carboxylic acids is 1. The summed E-state index contributed by atoms with van der Waals surface area (Å²) < 4.78 is 5.15. The minimum Gasteiger partial charge on any atom is -0.480 e. The molecule has 0 saturated carbocycles. The Morgan fingerprint density at radius 2 is 2.15 bits per heavy atom. The predicted molar refractivity (Wildman–Crippen MR) is 74.7 cm³/mol. The fraction of sp³-hybridized carbons (Fsp3) is 0.846. The first-order valence-electron chi connectivity index (χ1n) is 6.87. The van der Waals surface area contributed by atoms with Gasteiger partial charge in [-0.05, 0) is 20.9 Å². The van der Waals surface area contributed by atoms with Gasteiger partial charge in [0.05, 0.1) is 6.10 Å². The van der Waals surface area contributed by atoms with E-state index in [0.717, 1.165) is 6.54 Å². The molecule has 1 rings (SSSR count). The number of aliphatic carboxylic acids is 1. The summed E-state index contributed by atoms with van der Waals surface area (Å²) in [6, 6.07) is -0.736. The van der Waals surface area contributed by atoms with E-state index in [4.69, 9.17) is 9.84 Å². The van der Waals surface area contributed by atoms with Crippen LogP contribution < -0.4 is 5.32 Å². The number of carboxylic acid groups (broad SMARTS) is 1. The molecule has 0 aromatic heterocycles. The first-order chi connectivity index (χ1) is 9.36. The van der Waals surface area contributed by atoms with Gasteiger partial charge < -0.3 is 25.0 Å². The third-order valence-electron chi connectivity index (χ3n) is 3.76. The van der Waals surface area contributed by atoms with Crippen molar-refractivity contribution in [3.63, 3.8) is 0 Å². The van der Waals surface area contributed by atoms with Crippen LogP contribution in [0.3, 0.4) is 0 Å². The Labute approximate surface area is 119 Å². The molecule has 1 aliphatic rings. The Hall–Kier alpha value is -1.34. The Morgan fingerprint density at radius 3 is 2.65 bits per heavy atom. The monoisotopic (exact) mass is 287 g/mol. The highest BCUT2D eigenvalue weighted by atomic mass is 16.5. The molecule has 116 valence electrons. The van der Waals surface area contributed by atoms with E-state index < -0.39 is 12.0 Å². The minimum atomic E-state index is -0.987. The molecule has 1 saturated heterocycles. The summed E-state index contributed by atoms with van der Waals surface area (Å²) in [6.07, 6.45) is 0.130. The zero-order valence-corrected chi connectivity index (χ0v) is 12.6. The fourth-order valence-corrected chi connectivity index (χ4v) is 2.13. The number of methoxy groups -OCH3 is 1. The average molecular weight is 287 g/mol. The molecular formula is C13H25N3O4. The Kier molecular flexibility index (Phi) is 6.22. The molecule has 2 amide bonds. The molecule has 1 heterocycles. The second-order valence-electron chi connectivity index (χ2n) is 5.41. The van der Waals surface area contributed by atoms with E-state index in [1.54, 1.807) is 0 Å². The lowest BCUT2D eigenvalue weighted by Crippen LogP contribution is -2.48. The van der Waals surface area contributed by atoms with Crippen molar-refractivity contribution in [2.45, 2.75) is 38.5 Å². The van der Waals surface area contributed by atoms with Crippen molar-refractivity contribution < 1.29 is 19.4 Å². The molecule has 20 heavy (non-hydrogen) atoms. The van der Waals surface area contributed by atoms with Gasteiger partial charge in [-0.3, -0.25) is 0 Å².